The molecule has 0 radical (unpaired) electrons. The molecule has 4 aromatic rings. The van der Waals surface area contributed by atoms with Crippen LogP contribution in [0, 0.1) is 0 Å². The van der Waals surface area contributed by atoms with Gasteiger partial charge in [-0.2, -0.15) is 0 Å². The minimum Gasteiger partial charge on any atom is -0.496 e. The number of ketones is 1. The smallest absolute Gasteiger partial charge is 0.195 e. The Bertz CT molecular complexity index is 1160. The summed E-state index contributed by atoms with van der Waals surface area (Å²) in [7, 11) is 1.64. The van der Waals surface area contributed by atoms with Crippen LogP contribution in [0.5, 0.6) is 11.5 Å². The normalized spacial score (nSPS) is 10.9. The van der Waals surface area contributed by atoms with Crippen LogP contribution in [0.25, 0.3) is 17.2 Å². The Hall–Kier alpha value is -3.63. The summed E-state index contributed by atoms with van der Waals surface area (Å²) in [6.07, 6.45) is 3.42. The fraction of sp³-hybridized carbons (Fsp3) is 0.0741. The monoisotopic (exact) mass is 426 g/mol. The number of hydrogen-bond donors (Lipinski definition) is 0. The molecular weight excluding hydrogens is 404 g/mol. The van der Waals surface area contributed by atoms with E-state index < -0.39 is 0 Å². The van der Waals surface area contributed by atoms with Gasteiger partial charge < -0.3 is 9.47 Å². The molecule has 4 heteroatoms. The van der Waals surface area contributed by atoms with Gasteiger partial charge in [-0.3, -0.25) is 4.79 Å². The fourth-order valence-corrected chi connectivity index (χ4v) is 3.87. The molecule has 0 aliphatic rings. The lowest BCUT2D eigenvalue weighted by Crippen LogP contribution is -1.99. The maximum atomic E-state index is 12.2. The van der Waals surface area contributed by atoms with E-state index in [4.69, 9.17) is 9.47 Å². The van der Waals surface area contributed by atoms with Crippen molar-refractivity contribution in [1.82, 2.24) is 0 Å². The zero-order valence-electron chi connectivity index (χ0n) is 17.2. The maximum absolute atomic E-state index is 12.2. The average molecular weight is 427 g/mol. The second kappa shape index (κ2) is 9.92. The molecule has 154 valence electrons. The molecule has 0 N–H and O–H groups in total. The van der Waals surface area contributed by atoms with Gasteiger partial charge in [0.2, 0.25) is 0 Å². The fourth-order valence-electron chi connectivity index (χ4n) is 3.22. The number of carbonyl (C=O) groups is 1. The van der Waals surface area contributed by atoms with Gasteiger partial charge in [-0.1, -0.05) is 60.7 Å². The van der Waals surface area contributed by atoms with Gasteiger partial charge in [0.05, 0.1) is 12.0 Å². The average Bonchev–Trinajstić information content (AvgIpc) is 3.37. The molecule has 0 fully saturated rings. The summed E-state index contributed by atoms with van der Waals surface area (Å²) in [6, 6.07) is 27.8. The highest BCUT2D eigenvalue weighted by atomic mass is 32.1. The van der Waals surface area contributed by atoms with Gasteiger partial charge in [-0.05, 0) is 58.5 Å². The molecule has 4 rings (SSSR count). The second-order valence-corrected chi connectivity index (χ2v) is 7.87. The summed E-state index contributed by atoms with van der Waals surface area (Å²) in [5.41, 5.74) is 4.16. The number of ether oxygens (including phenoxy) is 2. The van der Waals surface area contributed by atoms with E-state index in [0.29, 0.717) is 6.61 Å². The highest BCUT2D eigenvalue weighted by molar-refractivity contribution is 7.12. The highest BCUT2D eigenvalue weighted by Crippen LogP contribution is 2.25. The first kappa shape index (κ1) is 20.6. The van der Waals surface area contributed by atoms with Crippen molar-refractivity contribution >= 4 is 23.2 Å². The maximum Gasteiger partial charge on any atom is 0.195 e. The van der Waals surface area contributed by atoms with Gasteiger partial charge >= 0.3 is 0 Å². The van der Waals surface area contributed by atoms with Crippen molar-refractivity contribution in [3.8, 4) is 22.6 Å². The van der Waals surface area contributed by atoms with E-state index in [2.05, 4.69) is 24.3 Å². The standard InChI is InChI=1S/C27H22O3S/c1-29-26-16-10-20(9-15-25(28)27-8-5-17-31-27)18-23(26)19-30-24-13-11-22(12-14-24)21-6-3-2-4-7-21/h2-18H,19H2,1H3/b15-9+. The minimum atomic E-state index is 0.00197. The molecule has 0 saturated carbocycles. The van der Waals surface area contributed by atoms with Gasteiger partial charge in [0.25, 0.3) is 0 Å². The molecule has 3 aromatic carbocycles. The third kappa shape index (κ3) is 5.30. The molecular formula is C27H22O3S. The lowest BCUT2D eigenvalue weighted by Gasteiger charge is -2.12. The largest absolute Gasteiger partial charge is 0.496 e. The van der Waals surface area contributed by atoms with Crippen LogP contribution in [0.1, 0.15) is 20.8 Å². The predicted molar refractivity (Wildman–Crippen MR) is 127 cm³/mol. The lowest BCUT2D eigenvalue weighted by atomic mass is 10.1. The van der Waals surface area contributed by atoms with E-state index in [-0.39, 0.29) is 5.78 Å². The van der Waals surface area contributed by atoms with Crippen LogP contribution in [-0.4, -0.2) is 12.9 Å². The number of allylic oxidation sites excluding steroid dienone is 1. The van der Waals surface area contributed by atoms with E-state index in [0.717, 1.165) is 33.1 Å². The first-order valence-corrected chi connectivity index (χ1v) is 10.8. The van der Waals surface area contributed by atoms with Gasteiger partial charge in [-0.15, -0.1) is 11.3 Å². The summed E-state index contributed by atoms with van der Waals surface area (Å²) in [5, 5.41) is 1.90. The van der Waals surface area contributed by atoms with Gasteiger partial charge in [0.15, 0.2) is 5.78 Å². The second-order valence-electron chi connectivity index (χ2n) is 6.93. The zero-order valence-corrected chi connectivity index (χ0v) is 18.0. The van der Waals surface area contributed by atoms with Crippen molar-refractivity contribution < 1.29 is 14.3 Å². The zero-order chi connectivity index (χ0) is 21.5. The first-order valence-electron chi connectivity index (χ1n) is 9.94. The third-order valence-corrected chi connectivity index (χ3v) is 5.74. The van der Waals surface area contributed by atoms with E-state index in [1.165, 1.54) is 16.9 Å². The number of methoxy groups -OCH3 is 1. The Morgan fingerprint density at radius 1 is 0.903 bits per heavy atom. The quantitative estimate of drug-likeness (QED) is 0.227. The molecule has 0 bridgehead atoms. The molecule has 0 spiro atoms. The van der Waals surface area contributed by atoms with Crippen LogP contribution >= 0.6 is 11.3 Å². The van der Waals surface area contributed by atoms with Gasteiger partial charge in [0.1, 0.15) is 18.1 Å². The van der Waals surface area contributed by atoms with Crippen LogP contribution in [0.4, 0.5) is 0 Å². The third-order valence-electron chi connectivity index (χ3n) is 4.85. The SMILES string of the molecule is COc1ccc(/C=C/C(=O)c2cccs2)cc1COc1ccc(-c2ccccc2)cc1. The lowest BCUT2D eigenvalue weighted by molar-refractivity contribution is 0.105. The summed E-state index contributed by atoms with van der Waals surface area (Å²) < 4.78 is 11.5. The van der Waals surface area contributed by atoms with Crippen molar-refractivity contribution in [1.29, 1.82) is 0 Å². The van der Waals surface area contributed by atoms with E-state index in [9.17, 15) is 4.79 Å². The molecule has 1 heterocycles. The number of hydrogen-bond acceptors (Lipinski definition) is 4. The molecule has 0 unspecified atom stereocenters. The van der Waals surface area contributed by atoms with E-state index in [1.54, 1.807) is 13.2 Å². The van der Waals surface area contributed by atoms with Crippen LogP contribution in [0.15, 0.2) is 96.4 Å². The van der Waals surface area contributed by atoms with Crippen molar-refractivity contribution in [2.45, 2.75) is 6.61 Å². The highest BCUT2D eigenvalue weighted by Gasteiger charge is 2.07. The molecule has 31 heavy (non-hydrogen) atoms. The summed E-state index contributed by atoms with van der Waals surface area (Å²) >= 11 is 1.44. The van der Waals surface area contributed by atoms with Gasteiger partial charge in [-0.25, -0.2) is 0 Å². The molecule has 0 amide bonds. The number of carbonyl (C=O) groups excluding carboxylic acids is 1. The van der Waals surface area contributed by atoms with E-state index >= 15 is 0 Å². The molecule has 0 saturated heterocycles. The van der Waals surface area contributed by atoms with Crippen LogP contribution in [0.3, 0.4) is 0 Å². The summed E-state index contributed by atoms with van der Waals surface area (Å²) in [5.74, 6) is 1.54. The van der Waals surface area contributed by atoms with Crippen molar-refractivity contribution in [3.05, 3.63) is 112 Å². The molecule has 1 aromatic heterocycles. The molecule has 3 nitrogen and oxygen atoms in total. The Morgan fingerprint density at radius 2 is 1.68 bits per heavy atom. The first-order chi connectivity index (χ1) is 15.2. The van der Waals surface area contributed by atoms with Crippen molar-refractivity contribution in [3.63, 3.8) is 0 Å². The number of thiophene rings is 1. The number of benzene rings is 3. The Labute approximate surface area is 186 Å². The topological polar surface area (TPSA) is 35.5 Å². The van der Waals surface area contributed by atoms with Crippen molar-refractivity contribution in [2.75, 3.05) is 7.11 Å². The predicted octanol–water partition coefficient (Wildman–Crippen LogP) is 6.90. The summed E-state index contributed by atoms with van der Waals surface area (Å²) in [4.78, 5) is 12.9. The van der Waals surface area contributed by atoms with Crippen LogP contribution in [0.2, 0.25) is 0 Å². The van der Waals surface area contributed by atoms with Crippen molar-refractivity contribution in [2.24, 2.45) is 0 Å². The van der Waals surface area contributed by atoms with Crippen LogP contribution < -0.4 is 9.47 Å². The Balaban J connectivity index is 1.45. The van der Waals surface area contributed by atoms with Crippen LogP contribution in [-0.2, 0) is 6.61 Å². The minimum absolute atomic E-state index is 0.00197. The summed E-state index contributed by atoms with van der Waals surface area (Å²) in [6.45, 7) is 0.369. The Kier molecular flexibility index (Phi) is 6.60. The van der Waals surface area contributed by atoms with E-state index in [1.807, 2.05) is 72.1 Å². The number of rotatable bonds is 8. The molecule has 0 aliphatic carbocycles. The Morgan fingerprint density at radius 3 is 2.39 bits per heavy atom. The molecule has 0 atom stereocenters. The van der Waals surface area contributed by atoms with Gasteiger partial charge in [0, 0.05) is 5.56 Å². The molecule has 0 aliphatic heterocycles.